The maximum atomic E-state index is 12.5. The van der Waals surface area contributed by atoms with E-state index in [0.29, 0.717) is 19.4 Å². The van der Waals surface area contributed by atoms with Crippen molar-refractivity contribution in [2.45, 2.75) is 386 Å². The van der Waals surface area contributed by atoms with E-state index in [9.17, 15) is 19.8 Å². The highest BCUT2D eigenvalue weighted by Crippen LogP contribution is 2.18. The van der Waals surface area contributed by atoms with Crippen LogP contribution in [0.4, 0.5) is 0 Å². The van der Waals surface area contributed by atoms with Crippen LogP contribution >= 0.6 is 0 Å². The Labute approximate surface area is 462 Å². The van der Waals surface area contributed by atoms with Gasteiger partial charge >= 0.3 is 5.97 Å². The van der Waals surface area contributed by atoms with Crippen molar-refractivity contribution in [3.05, 3.63) is 24.3 Å². The van der Waals surface area contributed by atoms with Gasteiger partial charge in [0, 0.05) is 12.8 Å². The van der Waals surface area contributed by atoms with Crippen molar-refractivity contribution in [1.29, 1.82) is 0 Å². The lowest BCUT2D eigenvalue weighted by Gasteiger charge is -2.20. The Morgan fingerprint density at radius 3 is 0.959 bits per heavy atom. The number of nitrogens with one attached hydrogen (secondary N) is 1. The Kier molecular flexibility index (Phi) is 62.4. The van der Waals surface area contributed by atoms with Crippen LogP contribution in [0, 0.1) is 0 Å². The number of esters is 1. The van der Waals surface area contributed by atoms with Gasteiger partial charge in [0.15, 0.2) is 0 Å². The van der Waals surface area contributed by atoms with Gasteiger partial charge in [-0.1, -0.05) is 327 Å². The average Bonchev–Trinajstić information content (AvgIpc) is 3.40. The van der Waals surface area contributed by atoms with Crippen molar-refractivity contribution in [3.8, 4) is 0 Å². The van der Waals surface area contributed by atoms with Gasteiger partial charge in [-0.25, -0.2) is 0 Å². The van der Waals surface area contributed by atoms with E-state index >= 15 is 0 Å². The lowest BCUT2D eigenvalue weighted by atomic mass is 10.0. The molecule has 0 aliphatic heterocycles. The zero-order chi connectivity index (χ0) is 53.6. The second-order valence-corrected chi connectivity index (χ2v) is 23.2. The Hall–Kier alpha value is -1.66. The largest absolute Gasteiger partial charge is 0.466 e. The lowest BCUT2D eigenvalue weighted by Crippen LogP contribution is -2.45. The van der Waals surface area contributed by atoms with Gasteiger partial charge in [-0.15, -0.1) is 0 Å². The number of unbranched alkanes of at least 4 members (excludes halogenated alkanes) is 50. The molecule has 74 heavy (non-hydrogen) atoms. The van der Waals surface area contributed by atoms with Crippen LogP contribution < -0.4 is 5.32 Å². The van der Waals surface area contributed by atoms with Crippen molar-refractivity contribution in [2.75, 3.05) is 13.2 Å². The van der Waals surface area contributed by atoms with Crippen LogP contribution in [-0.4, -0.2) is 47.4 Å². The number of hydrogen-bond acceptors (Lipinski definition) is 5. The second-order valence-electron chi connectivity index (χ2n) is 23.2. The van der Waals surface area contributed by atoms with Crippen LogP contribution in [0.5, 0.6) is 0 Å². The fourth-order valence-electron chi connectivity index (χ4n) is 10.6. The topological polar surface area (TPSA) is 95.9 Å². The highest BCUT2D eigenvalue weighted by atomic mass is 16.5. The minimum Gasteiger partial charge on any atom is -0.466 e. The Morgan fingerprint density at radius 2 is 0.635 bits per heavy atom. The third-order valence-corrected chi connectivity index (χ3v) is 15.7. The molecule has 3 N–H and O–H groups in total. The zero-order valence-electron chi connectivity index (χ0n) is 50.1. The maximum absolute atomic E-state index is 12.5. The first-order valence-corrected chi connectivity index (χ1v) is 33.6. The van der Waals surface area contributed by atoms with Crippen LogP contribution in [0.15, 0.2) is 24.3 Å². The fraction of sp³-hybridized carbons (Fsp3) is 0.912. The fourth-order valence-corrected chi connectivity index (χ4v) is 10.6. The van der Waals surface area contributed by atoms with E-state index in [0.717, 1.165) is 44.9 Å². The van der Waals surface area contributed by atoms with Gasteiger partial charge in [-0.05, 0) is 57.8 Å². The number of aliphatic hydroxyl groups excluding tert-OH is 2. The number of carbonyl (C=O) groups is 2. The molecule has 438 valence electrons. The highest BCUT2D eigenvalue weighted by Gasteiger charge is 2.18. The van der Waals surface area contributed by atoms with Crippen LogP contribution in [0.1, 0.15) is 373 Å². The van der Waals surface area contributed by atoms with E-state index < -0.39 is 12.1 Å². The standard InChI is InChI=1S/C68H131NO5/c1-3-5-7-9-11-13-15-17-19-21-29-32-36-40-44-48-52-56-60-66(71)65(64-70)69-67(72)61-57-53-49-45-41-37-33-30-27-25-23-22-24-26-28-31-35-39-43-47-51-55-59-63-74-68(73)62-58-54-50-46-42-38-34-20-18-16-14-12-10-8-6-4-2/h20,34,56,60,65-66,70-71H,3-19,21-33,35-55,57-59,61-64H2,1-2H3,(H,69,72)/b34-20-,60-56+. The number of aliphatic hydroxyl groups is 2. The second kappa shape index (κ2) is 63.9. The molecule has 0 saturated heterocycles. The van der Waals surface area contributed by atoms with Gasteiger partial charge in [0.1, 0.15) is 0 Å². The third-order valence-electron chi connectivity index (χ3n) is 15.7. The summed E-state index contributed by atoms with van der Waals surface area (Å²) in [6, 6.07) is -0.628. The quantitative estimate of drug-likeness (QED) is 0.0320. The van der Waals surface area contributed by atoms with E-state index in [2.05, 4.69) is 31.3 Å². The summed E-state index contributed by atoms with van der Waals surface area (Å²) in [5.74, 6) is -0.0573. The molecule has 0 aromatic carbocycles. The van der Waals surface area contributed by atoms with Crippen LogP contribution in [0.25, 0.3) is 0 Å². The Morgan fingerprint density at radius 1 is 0.365 bits per heavy atom. The predicted octanol–water partition coefficient (Wildman–Crippen LogP) is 21.4. The highest BCUT2D eigenvalue weighted by molar-refractivity contribution is 5.76. The van der Waals surface area contributed by atoms with Crippen LogP contribution in [-0.2, 0) is 14.3 Å². The summed E-state index contributed by atoms with van der Waals surface area (Å²) in [4.78, 5) is 24.6. The minimum absolute atomic E-state index is 0.00716. The molecule has 0 rings (SSSR count). The molecule has 6 nitrogen and oxygen atoms in total. The van der Waals surface area contributed by atoms with Crippen molar-refractivity contribution in [1.82, 2.24) is 5.32 Å². The maximum Gasteiger partial charge on any atom is 0.305 e. The summed E-state index contributed by atoms with van der Waals surface area (Å²) in [6.07, 6.45) is 79.5. The summed E-state index contributed by atoms with van der Waals surface area (Å²) in [5, 5.41) is 23.2. The first-order chi connectivity index (χ1) is 36.5. The van der Waals surface area contributed by atoms with E-state index in [-0.39, 0.29) is 18.5 Å². The number of amides is 1. The molecular formula is C68H131NO5. The molecule has 0 radical (unpaired) electrons. The summed E-state index contributed by atoms with van der Waals surface area (Å²) >= 11 is 0. The summed E-state index contributed by atoms with van der Waals surface area (Å²) in [7, 11) is 0. The van der Waals surface area contributed by atoms with Crippen LogP contribution in [0.3, 0.4) is 0 Å². The molecular weight excluding hydrogens is 911 g/mol. The number of allylic oxidation sites excluding steroid dienone is 3. The molecule has 0 aromatic heterocycles. The molecule has 0 aromatic rings. The number of hydrogen-bond donors (Lipinski definition) is 3. The molecule has 2 unspecified atom stereocenters. The van der Waals surface area contributed by atoms with Crippen molar-refractivity contribution < 1.29 is 24.5 Å². The smallest absolute Gasteiger partial charge is 0.305 e. The molecule has 0 fully saturated rings. The molecule has 0 spiro atoms. The molecule has 0 saturated carbocycles. The van der Waals surface area contributed by atoms with E-state index in [1.165, 1.54) is 302 Å². The predicted molar refractivity (Wildman–Crippen MR) is 324 cm³/mol. The summed E-state index contributed by atoms with van der Waals surface area (Å²) < 4.78 is 5.49. The van der Waals surface area contributed by atoms with Crippen molar-refractivity contribution in [2.24, 2.45) is 0 Å². The molecule has 2 atom stereocenters. The van der Waals surface area contributed by atoms with Gasteiger partial charge in [0.05, 0.1) is 25.4 Å². The van der Waals surface area contributed by atoms with E-state index in [1.807, 2.05) is 6.08 Å². The van der Waals surface area contributed by atoms with Gasteiger partial charge in [-0.2, -0.15) is 0 Å². The Bertz CT molecular complexity index is 1150. The van der Waals surface area contributed by atoms with E-state index in [1.54, 1.807) is 6.08 Å². The number of rotatable bonds is 63. The van der Waals surface area contributed by atoms with E-state index in [4.69, 9.17) is 4.74 Å². The minimum atomic E-state index is -0.844. The first kappa shape index (κ1) is 72.3. The molecule has 0 bridgehead atoms. The van der Waals surface area contributed by atoms with Gasteiger partial charge < -0.3 is 20.3 Å². The SMILES string of the molecule is CCCCCCCCC/C=C\CCCCCCCC(=O)OCCCCCCCCCCCCCCCCCCCCCCCCCC(=O)NC(CO)C(O)/C=C/CCCCCCCCCCCCCCCCCC. The molecule has 0 heterocycles. The van der Waals surface area contributed by atoms with Gasteiger partial charge in [0.2, 0.25) is 5.91 Å². The summed E-state index contributed by atoms with van der Waals surface area (Å²) in [5.41, 5.74) is 0. The molecule has 0 aliphatic carbocycles. The molecule has 0 aliphatic rings. The van der Waals surface area contributed by atoms with Gasteiger partial charge in [0.25, 0.3) is 0 Å². The molecule has 1 amide bonds. The average molecular weight is 1040 g/mol. The molecule has 6 heteroatoms. The number of carbonyl (C=O) groups excluding carboxylic acids is 2. The third kappa shape index (κ3) is 59.6. The zero-order valence-corrected chi connectivity index (χ0v) is 50.1. The monoisotopic (exact) mass is 1040 g/mol. The van der Waals surface area contributed by atoms with Crippen molar-refractivity contribution >= 4 is 11.9 Å². The Balaban J connectivity index is 3.39. The van der Waals surface area contributed by atoms with Gasteiger partial charge in [-0.3, -0.25) is 9.59 Å². The number of ether oxygens (including phenoxy) is 1. The lowest BCUT2D eigenvalue weighted by molar-refractivity contribution is -0.143. The van der Waals surface area contributed by atoms with Crippen molar-refractivity contribution in [3.63, 3.8) is 0 Å². The first-order valence-electron chi connectivity index (χ1n) is 33.6. The normalized spacial score (nSPS) is 12.6. The summed E-state index contributed by atoms with van der Waals surface area (Å²) in [6.45, 7) is 4.93. The van der Waals surface area contributed by atoms with Crippen LogP contribution in [0.2, 0.25) is 0 Å².